The standard InChI is InChI=1S/C21H22N4O4/c1-13-4-6-14(7-5-13)19-11-25-16(12-29-19)20(23-24-25)21(26)22-15-8-9-17(27-2)18(10-15)28-3/h4-10,19H,11-12H2,1-3H3,(H,22,26)/t19-/m0/s1. The van der Waals surface area contributed by atoms with Gasteiger partial charge in [-0.05, 0) is 24.6 Å². The number of amides is 1. The molecule has 2 heterocycles. The van der Waals surface area contributed by atoms with Gasteiger partial charge < -0.3 is 19.5 Å². The summed E-state index contributed by atoms with van der Waals surface area (Å²) in [7, 11) is 3.10. The SMILES string of the molecule is COc1ccc(NC(=O)c2nnn3c2CO[C@H](c2ccc(C)cc2)C3)cc1OC. The molecule has 29 heavy (non-hydrogen) atoms. The number of rotatable bonds is 5. The van der Waals surface area contributed by atoms with Gasteiger partial charge in [-0.3, -0.25) is 4.79 Å². The van der Waals surface area contributed by atoms with Crippen molar-refractivity contribution in [1.29, 1.82) is 0 Å². The largest absolute Gasteiger partial charge is 0.493 e. The molecule has 8 nitrogen and oxygen atoms in total. The van der Waals surface area contributed by atoms with E-state index in [0.717, 1.165) is 5.56 Å². The highest BCUT2D eigenvalue weighted by atomic mass is 16.5. The number of nitrogens with one attached hydrogen (secondary N) is 1. The zero-order valence-electron chi connectivity index (χ0n) is 16.5. The van der Waals surface area contributed by atoms with Crippen molar-refractivity contribution in [2.75, 3.05) is 19.5 Å². The van der Waals surface area contributed by atoms with Gasteiger partial charge in [0, 0.05) is 11.8 Å². The van der Waals surface area contributed by atoms with Crippen molar-refractivity contribution in [1.82, 2.24) is 15.0 Å². The van der Waals surface area contributed by atoms with E-state index in [1.807, 2.05) is 19.1 Å². The van der Waals surface area contributed by atoms with Crippen LogP contribution in [0.5, 0.6) is 11.5 Å². The molecule has 0 spiro atoms. The van der Waals surface area contributed by atoms with Crippen LogP contribution in [-0.2, 0) is 17.9 Å². The van der Waals surface area contributed by atoms with Gasteiger partial charge in [0.1, 0.15) is 6.10 Å². The van der Waals surface area contributed by atoms with Crippen LogP contribution >= 0.6 is 0 Å². The number of benzene rings is 2. The Morgan fingerprint density at radius 1 is 1.14 bits per heavy atom. The van der Waals surface area contributed by atoms with E-state index in [0.29, 0.717) is 29.4 Å². The van der Waals surface area contributed by atoms with E-state index in [9.17, 15) is 4.79 Å². The summed E-state index contributed by atoms with van der Waals surface area (Å²) in [5.41, 5.74) is 3.75. The van der Waals surface area contributed by atoms with Crippen LogP contribution in [0.4, 0.5) is 5.69 Å². The highest BCUT2D eigenvalue weighted by Crippen LogP contribution is 2.31. The molecular weight excluding hydrogens is 372 g/mol. The van der Waals surface area contributed by atoms with E-state index in [2.05, 4.69) is 27.8 Å². The quantitative estimate of drug-likeness (QED) is 0.715. The van der Waals surface area contributed by atoms with Crippen molar-refractivity contribution in [3.05, 3.63) is 65.0 Å². The first-order chi connectivity index (χ1) is 14.1. The van der Waals surface area contributed by atoms with Crippen molar-refractivity contribution in [3.63, 3.8) is 0 Å². The number of hydrogen-bond donors (Lipinski definition) is 1. The summed E-state index contributed by atoms with van der Waals surface area (Å²) in [6, 6.07) is 13.4. The molecule has 0 saturated heterocycles. The smallest absolute Gasteiger partial charge is 0.278 e. The molecule has 0 aliphatic carbocycles. The Labute approximate surface area is 168 Å². The first-order valence-electron chi connectivity index (χ1n) is 9.23. The van der Waals surface area contributed by atoms with Crippen LogP contribution in [0, 0.1) is 6.92 Å². The summed E-state index contributed by atoms with van der Waals surface area (Å²) < 4.78 is 18.2. The zero-order valence-corrected chi connectivity index (χ0v) is 16.5. The minimum atomic E-state index is -0.351. The summed E-state index contributed by atoms with van der Waals surface area (Å²) in [6.45, 7) is 2.82. The summed E-state index contributed by atoms with van der Waals surface area (Å²) >= 11 is 0. The Morgan fingerprint density at radius 2 is 1.90 bits per heavy atom. The maximum absolute atomic E-state index is 12.7. The Kier molecular flexibility index (Phi) is 5.18. The first kappa shape index (κ1) is 18.9. The van der Waals surface area contributed by atoms with Crippen molar-refractivity contribution < 1.29 is 19.0 Å². The number of ether oxygens (including phenoxy) is 3. The van der Waals surface area contributed by atoms with Gasteiger partial charge in [0.15, 0.2) is 17.2 Å². The highest BCUT2D eigenvalue weighted by Gasteiger charge is 2.27. The summed E-state index contributed by atoms with van der Waals surface area (Å²) in [5.74, 6) is 0.762. The monoisotopic (exact) mass is 394 g/mol. The van der Waals surface area contributed by atoms with Gasteiger partial charge in [-0.15, -0.1) is 5.10 Å². The molecule has 2 aromatic carbocycles. The number of hydrogen-bond acceptors (Lipinski definition) is 6. The third-order valence-electron chi connectivity index (χ3n) is 4.90. The molecular formula is C21H22N4O4. The molecule has 0 bridgehead atoms. The number of aromatic nitrogens is 3. The average Bonchev–Trinajstić information content (AvgIpc) is 3.17. The molecule has 3 aromatic rings. The first-order valence-corrected chi connectivity index (χ1v) is 9.23. The lowest BCUT2D eigenvalue weighted by Crippen LogP contribution is -2.24. The number of methoxy groups -OCH3 is 2. The van der Waals surface area contributed by atoms with Crippen LogP contribution in [0.25, 0.3) is 0 Å². The van der Waals surface area contributed by atoms with Crippen LogP contribution in [0.1, 0.15) is 33.4 Å². The predicted octanol–water partition coefficient (Wildman–Crippen LogP) is 3.13. The fourth-order valence-corrected chi connectivity index (χ4v) is 3.28. The highest BCUT2D eigenvalue weighted by molar-refractivity contribution is 6.03. The molecule has 150 valence electrons. The average molecular weight is 394 g/mol. The number of carbonyl (C=O) groups is 1. The van der Waals surface area contributed by atoms with Gasteiger partial charge in [-0.2, -0.15) is 0 Å². The maximum Gasteiger partial charge on any atom is 0.278 e. The van der Waals surface area contributed by atoms with Gasteiger partial charge in [-0.1, -0.05) is 35.0 Å². The summed E-state index contributed by atoms with van der Waals surface area (Å²) in [4.78, 5) is 12.7. The minimum Gasteiger partial charge on any atom is -0.493 e. The van der Waals surface area contributed by atoms with Crippen molar-refractivity contribution in [2.24, 2.45) is 0 Å². The molecule has 1 N–H and O–H groups in total. The molecule has 0 radical (unpaired) electrons. The van der Waals surface area contributed by atoms with E-state index in [4.69, 9.17) is 14.2 Å². The number of aryl methyl sites for hydroxylation is 1. The van der Waals surface area contributed by atoms with Gasteiger partial charge in [0.05, 0.1) is 33.1 Å². The Hall–Kier alpha value is -3.39. The number of carbonyl (C=O) groups excluding carboxylic acids is 1. The third kappa shape index (κ3) is 3.79. The predicted molar refractivity (Wildman–Crippen MR) is 106 cm³/mol. The Balaban J connectivity index is 1.50. The molecule has 0 saturated carbocycles. The second kappa shape index (κ2) is 7.92. The third-order valence-corrected chi connectivity index (χ3v) is 4.90. The van der Waals surface area contributed by atoms with E-state index < -0.39 is 0 Å². The fourth-order valence-electron chi connectivity index (χ4n) is 3.28. The molecule has 0 fully saturated rings. The number of nitrogens with zero attached hydrogens (tertiary/aromatic N) is 3. The lowest BCUT2D eigenvalue weighted by Gasteiger charge is -2.24. The van der Waals surface area contributed by atoms with Crippen LogP contribution in [0.3, 0.4) is 0 Å². The minimum absolute atomic E-state index is 0.119. The molecule has 1 aliphatic rings. The van der Waals surface area contributed by atoms with Crippen molar-refractivity contribution in [2.45, 2.75) is 26.2 Å². The normalized spacial score (nSPS) is 15.5. The van der Waals surface area contributed by atoms with Gasteiger partial charge in [0.25, 0.3) is 5.91 Å². The van der Waals surface area contributed by atoms with E-state index in [-0.39, 0.29) is 24.3 Å². The molecule has 8 heteroatoms. The second-order valence-electron chi connectivity index (χ2n) is 6.80. The van der Waals surface area contributed by atoms with E-state index in [1.54, 1.807) is 37.1 Å². The second-order valence-corrected chi connectivity index (χ2v) is 6.80. The van der Waals surface area contributed by atoms with E-state index in [1.165, 1.54) is 5.56 Å². The lowest BCUT2D eigenvalue weighted by atomic mass is 10.1. The number of anilines is 1. The van der Waals surface area contributed by atoms with Crippen LogP contribution in [0.2, 0.25) is 0 Å². The van der Waals surface area contributed by atoms with Gasteiger partial charge >= 0.3 is 0 Å². The summed E-state index contributed by atoms with van der Waals surface area (Å²) in [6.07, 6.45) is -0.119. The molecule has 1 aliphatic heterocycles. The van der Waals surface area contributed by atoms with Crippen molar-refractivity contribution in [3.8, 4) is 11.5 Å². The molecule has 1 aromatic heterocycles. The fraction of sp³-hybridized carbons (Fsp3) is 0.286. The molecule has 1 amide bonds. The lowest BCUT2D eigenvalue weighted by molar-refractivity contribution is -0.00171. The zero-order chi connectivity index (χ0) is 20.4. The van der Waals surface area contributed by atoms with Crippen LogP contribution < -0.4 is 14.8 Å². The Morgan fingerprint density at radius 3 is 2.62 bits per heavy atom. The Bertz CT molecular complexity index is 1030. The van der Waals surface area contributed by atoms with E-state index >= 15 is 0 Å². The molecule has 1 atom stereocenters. The van der Waals surface area contributed by atoms with Crippen LogP contribution in [0.15, 0.2) is 42.5 Å². The maximum atomic E-state index is 12.7. The number of fused-ring (bicyclic) bond motifs is 1. The molecule has 4 rings (SSSR count). The van der Waals surface area contributed by atoms with Crippen molar-refractivity contribution >= 4 is 11.6 Å². The summed E-state index contributed by atoms with van der Waals surface area (Å²) in [5, 5.41) is 11.1. The molecule has 0 unspecified atom stereocenters. The van der Waals surface area contributed by atoms with Gasteiger partial charge in [0.2, 0.25) is 0 Å². The van der Waals surface area contributed by atoms with Gasteiger partial charge in [-0.25, -0.2) is 4.68 Å². The van der Waals surface area contributed by atoms with Crippen LogP contribution in [-0.4, -0.2) is 35.1 Å². The topological polar surface area (TPSA) is 87.5 Å².